The molecule has 1 rings (SSSR count). The van der Waals surface area contributed by atoms with Gasteiger partial charge in [0.1, 0.15) is 5.69 Å². The summed E-state index contributed by atoms with van der Waals surface area (Å²) in [6, 6.07) is -0.306. The van der Waals surface area contributed by atoms with E-state index in [1.165, 1.54) is 12.0 Å². The maximum atomic E-state index is 12.6. The summed E-state index contributed by atoms with van der Waals surface area (Å²) in [6.07, 6.45) is 0. The molecule has 0 aliphatic carbocycles. The van der Waals surface area contributed by atoms with Crippen molar-refractivity contribution in [2.75, 3.05) is 27.2 Å². The molecule has 0 saturated carbocycles. The molecule has 0 aromatic carbocycles. The fourth-order valence-corrected chi connectivity index (χ4v) is 2.71. The van der Waals surface area contributed by atoms with E-state index in [0.717, 1.165) is 0 Å². The van der Waals surface area contributed by atoms with Crippen molar-refractivity contribution >= 4 is 17.8 Å². The van der Waals surface area contributed by atoms with E-state index < -0.39 is 5.97 Å². The quantitative estimate of drug-likeness (QED) is 0.639. The molecule has 0 unspecified atom stereocenters. The Morgan fingerprint density at radius 1 is 1.22 bits per heavy atom. The van der Waals surface area contributed by atoms with Gasteiger partial charge in [0, 0.05) is 31.4 Å². The van der Waals surface area contributed by atoms with Crippen molar-refractivity contribution < 1.29 is 19.1 Å². The second kappa shape index (κ2) is 7.80. The molecule has 0 fully saturated rings. The Morgan fingerprint density at radius 3 is 2.30 bits per heavy atom. The van der Waals surface area contributed by atoms with Crippen LogP contribution < -0.4 is 5.32 Å². The first-order valence-corrected chi connectivity index (χ1v) is 7.60. The van der Waals surface area contributed by atoms with Gasteiger partial charge in [-0.3, -0.25) is 4.79 Å². The van der Waals surface area contributed by atoms with Gasteiger partial charge in [-0.2, -0.15) is 0 Å². The highest BCUT2D eigenvalue weighted by atomic mass is 16.5. The summed E-state index contributed by atoms with van der Waals surface area (Å²) in [5.41, 5.74) is 2.16. The second-order valence-electron chi connectivity index (χ2n) is 5.28. The molecule has 7 nitrogen and oxygen atoms in total. The zero-order chi connectivity index (χ0) is 17.7. The molecule has 1 N–H and O–H groups in total. The van der Waals surface area contributed by atoms with Gasteiger partial charge < -0.3 is 19.5 Å². The van der Waals surface area contributed by atoms with Crippen LogP contribution in [0.15, 0.2) is 0 Å². The lowest BCUT2D eigenvalue weighted by molar-refractivity contribution is 0.0587. The molecule has 1 aromatic rings. The highest BCUT2D eigenvalue weighted by Gasteiger charge is 2.27. The monoisotopic (exact) mass is 323 g/mol. The normalized spacial score (nSPS) is 10.3. The number of amides is 2. The zero-order valence-electron chi connectivity index (χ0n) is 14.6. The molecule has 23 heavy (non-hydrogen) atoms. The number of methoxy groups -OCH3 is 1. The molecule has 0 bridgehead atoms. The Bertz CT molecular complexity index is 619. The van der Waals surface area contributed by atoms with Crippen molar-refractivity contribution in [3.63, 3.8) is 0 Å². The lowest BCUT2D eigenvalue weighted by Crippen LogP contribution is -2.40. The maximum Gasteiger partial charge on any atom is 0.354 e. The Kier molecular flexibility index (Phi) is 6.36. The minimum absolute atomic E-state index is 0.0537. The number of ketones is 1. The lowest BCUT2D eigenvalue weighted by Gasteiger charge is -2.16. The van der Waals surface area contributed by atoms with Crippen molar-refractivity contribution in [3.8, 4) is 0 Å². The molecular formula is C16H25N3O4. The predicted molar refractivity (Wildman–Crippen MR) is 87.0 cm³/mol. The van der Waals surface area contributed by atoms with Gasteiger partial charge >= 0.3 is 12.0 Å². The first kappa shape index (κ1) is 18.7. The van der Waals surface area contributed by atoms with Gasteiger partial charge in [-0.25, -0.2) is 9.59 Å². The number of Topliss-reactive ketones (excluding diaryl/α,β-unsaturated/α-hetero) is 1. The number of nitrogens with zero attached hydrogens (tertiary/aromatic N) is 2. The van der Waals surface area contributed by atoms with E-state index in [0.29, 0.717) is 35.6 Å². The van der Waals surface area contributed by atoms with E-state index in [4.69, 9.17) is 4.74 Å². The van der Waals surface area contributed by atoms with Crippen LogP contribution in [0.2, 0.25) is 0 Å². The number of likely N-dealkylation sites (N-methyl/N-ethyl adjacent to an activating group) is 1. The zero-order valence-corrected chi connectivity index (χ0v) is 14.6. The van der Waals surface area contributed by atoms with E-state index in [1.54, 1.807) is 25.5 Å². The molecule has 0 aliphatic rings. The predicted octanol–water partition coefficient (Wildman–Crippen LogP) is 1.76. The Hall–Kier alpha value is -2.31. The SMILES string of the molecule is CCNC(=O)N(C)CC(=O)c1c(C)c(C(=O)OC)n(CC)c1C. The number of carbonyl (C=O) groups is 3. The number of hydrogen-bond donors (Lipinski definition) is 1. The van der Waals surface area contributed by atoms with Gasteiger partial charge in [-0.05, 0) is 33.3 Å². The van der Waals surface area contributed by atoms with Crippen LogP contribution in [0.5, 0.6) is 0 Å². The first-order chi connectivity index (χ1) is 10.8. The lowest BCUT2D eigenvalue weighted by atomic mass is 10.1. The molecule has 0 radical (unpaired) electrons. The molecule has 1 aromatic heterocycles. The van der Waals surface area contributed by atoms with Gasteiger partial charge in [0.2, 0.25) is 0 Å². The summed E-state index contributed by atoms with van der Waals surface area (Å²) < 4.78 is 6.58. The van der Waals surface area contributed by atoms with Crippen LogP contribution >= 0.6 is 0 Å². The van der Waals surface area contributed by atoms with Gasteiger partial charge in [-0.15, -0.1) is 0 Å². The third kappa shape index (κ3) is 3.72. The van der Waals surface area contributed by atoms with Crippen LogP contribution in [-0.2, 0) is 11.3 Å². The number of nitrogens with one attached hydrogen (secondary N) is 1. The van der Waals surface area contributed by atoms with Crippen LogP contribution in [0, 0.1) is 13.8 Å². The summed E-state index contributed by atoms with van der Waals surface area (Å²) in [6.45, 7) is 8.22. The number of aromatic nitrogens is 1. The highest BCUT2D eigenvalue weighted by molar-refractivity contribution is 6.04. The van der Waals surface area contributed by atoms with Crippen molar-refractivity contribution in [2.45, 2.75) is 34.2 Å². The minimum Gasteiger partial charge on any atom is -0.464 e. The standard InChI is InChI=1S/C16H25N3O4/c1-7-17-16(22)18(5)9-12(20)13-10(3)14(15(21)23-6)19(8-2)11(13)4/h7-9H2,1-6H3,(H,17,22). The summed E-state index contributed by atoms with van der Waals surface area (Å²) in [5, 5.41) is 2.64. The minimum atomic E-state index is -0.469. The molecule has 0 aliphatic heterocycles. The number of urea groups is 1. The van der Waals surface area contributed by atoms with Crippen LogP contribution in [0.3, 0.4) is 0 Å². The number of rotatable bonds is 6. The number of ether oxygens (including phenoxy) is 1. The van der Waals surface area contributed by atoms with E-state index in [-0.39, 0.29) is 18.4 Å². The largest absolute Gasteiger partial charge is 0.464 e. The third-order valence-corrected chi connectivity index (χ3v) is 3.80. The maximum absolute atomic E-state index is 12.6. The Morgan fingerprint density at radius 2 is 1.83 bits per heavy atom. The molecule has 0 spiro atoms. The average Bonchev–Trinajstić information content (AvgIpc) is 2.76. The molecular weight excluding hydrogens is 298 g/mol. The van der Waals surface area contributed by atoms with Crippen LogP contribution in [0.25, 0.3) is 0 Å². The van der Waals surface area contributed by atoms with E-state index in [2.05, 4.69) is 5.32 Å². The topological polar surface area (TPSA) is 80.6 Å². The average molecular weight is 323 g/mol. The van der Waals surface area contributed by atoms with Crippen molar-refractivity contribution in [2.24, 2.45) is 0 Å². The fraction of sp³-hybridized carbons (Fsp3) is 0.562. The molecule has 7 heteroatoms. The Labute approximate surface area is 136 Å². The van der Waals surface area contributed by atoms with Gasteiger partial charge in [0.15, 0.2) is 5.78 Å². The fourth-order valence-electron chi connectivity index (χ4n) is 2.71. The number of hydrogen-bond acceptors (Lipinski definition) is 4. The van der Waals surface area contributed by atoms with Crippen LogP contribution in [0.1, 0.15) is 46.0 Å². The van der Waals surface area contributed by atoms with Gasteiger partial charge in [0.05, 0.1) is 13.7 Å². The van der Waals surface area contributed by atoms with E-state index >= 15 is 0 Å². The van der Waals surface area contributed by atoms with Crippen molar-refractivity contribution in [3.05, 3.63) is 22.5 Å². The summed E-state index contributed by atoms with van der Waals surface area (Å²) in [5.74, 6) is -0.672. The van der Waals surface area contributed by atoms with E-state index in [9.17, 15) is 14.4 Å². The van der Waals surface area contributed by atoms with Crippen molar-refractivity contribution in [1.82, 2.24) is 14.8 Å². The molecule has 1 heterocycles. The van der Waals surface area contributed by atoms with Gasteiger partial charge in [0.25, 0.3) is 0 Å². The summed E-state index contributed by atoms with van der Waals surface area (Å²) in [7, 11) is 2.88. The second-order valence-corrected chi connectivity index (χ2v) is 5.28. The van der Waals surface area contributed by atoms with E-state index in [1.807, 2.05) is 13.8 Å². The van der Waals surface area contributed by atoms with Crippen molar-refractivity contribution in [1.29, 1.82) is 0 Å². The van der Waals surface area contributed by atoms with Gasteiger partial charge in [-0.1, -0.05) is 0 Å². The summed E-state index contributed by atoms with van der Waals surface area (Å²) >= 11 is 0. The number of esters is 1. The molecule has 2 amide bonds. The number of carbonyl (C=O) groups excluding carboxylic acids is 3. The highest BCUT2D eigenvalue weighted by Crippen LogP contribution is 2.23. The summed E-state index contributed by atoms with van der Waals surface area (Å²) in [4.78, 5) is 37.7. The molecule has 0 saturated heterocycles. The third-order valence-electron chi connectivity index (χ3n) is 3.80. The van der Waals surface area contributed by atoms with Crippen LogP contribution in [-0.4, -0.2) is 54.5 Å². The smallest absolute Gasteiger partial charge is 0.354 e. The molecule has 0 atom stereocenters. The molecule has 128 valence electrons. The Balaban J connectivity index is 3.18. The van der Waals surface area contributed by atoms with Crippen LogP contribution in [0.4, 0.5) is 4.79 Å². The first-order valence-electron chi connectivity index (χ1n) is 7.60.